The molecule has 0 saturated carbocycles. The van der Waals surface area contributed by atoms with Crippen molar-refractivity contribution in [1.82, 2.24) is 0 Å². The van der Waals surface area contributed by atoms with Crippen LogP contribution in [0.25, 0.3) is 0 Å². The van der Waals surface area contributed by atoms with Crippen LogP contribution in [0.5, 0.6) is 5.75 Å². The van der Waals surface area contributed by atoms with Gasteiger partial charge in [0.2, 0.25) is 0 Å². The van der Waals surface area contributed by atoms with E-state index in [2.05, 4.69) is 0 Å². The fourth-order valence-corrected chi connectivity index (χ4v) is 1.66. The molecule has 0 aliphatic carbocycles. The van der Waals surface area contributed by atoms with E-state index >= 15 is 0 Å². The highest BCUT2D eigenvalue weighted by atomic mass is 35.5. The van der Waals surface area contributed by atoms with E-state index in [0.29, 0.717) is 0 Å². The maximum Gasteiger partial charge on any atom is 0.441 e. The van der Waals surface area contributed by atoms with Gasteiger partial charge in [-0.05, 0) is 30.0 Å². The maximum atomic E-state index is 11.8. The molecule has 0 amide bonds. The average Bonchev–Trinajstić information content (AvgIpc) is 2.22. The van der Waals surface area contributed by atoms with E-state index in [9.17, 15) is 18.0 Å². The van der Waals surface area contributed by atoms with E-state index in [1.165, 1.54) is 18.2 Å². The number of carbonyl (C=O) groups is 1. The van der Waals surface area contributed by atoms with Gasteiger partial charge in [-0.2, -0.15) is 13.2 Å². The van der Waals surface area contributed by atoms with Gasteiger partial charge in [0.1, 0.15) is 11.3 Å². The Kier molecular flexibility index (Phi) is 5.15. The molecule has 1 rings (SSSR count). The molecule has 0 aromatic heterocycles. The first-order chi connectivity index (χ1) is 8.29. The van der Waals surface area contributed by atoms with Gasteiger partial charge in [-0.25, -0.2) is 4.79 Å². The molecular formula is C10H8ClF3O3S. The van der Waals surface area contributed by atoms with Crippen molar-refractivity contribution >= 4 is 29.3 Å². The first kappa shape index (κ1) is 15.0. The molecule has 3 nitrogen and oxygen atoms in total. The van der Waals surface area contributed by atoms with Gasteiger partial charge in [-0.15, -0.1) is 0 Å². The van der Waals surface area contributed by atoms with Crippen molar-refractivity contribution in [2.24, 2.45) is 0 Å². The van der Waals surface area contributed by atoms with Crippen LogP contribution in [-0.4, -0.2) is 28.9 Å². The van der Waals surface area contributed by atoms with Crippen LogP contribution < -0.4 is 4.74 Å². The molecule has 0 bridgehead atoms. The van der Waals surface area contributed by atoms with Gasteiger partial charge in [0.05, 0.1) is 6.61 Å². The quantitative estimate of drug-likeness (QED) is 0.843. The van der Waals surface area contributed by atoms with Gasteiger partial charge in [0.25, 0.3) is 0 Å². The Morgan fingerprint density at radius 3 is 2.67 bits per heavy atom. The van der Waals surface area contributed by atoms with E-state index in [4.69, 9.17) is 21.4 Å². The van der Waals surface area contributed by atoms with Crippen molar-refractivity contribution in [2.75, 3.05) is 12.4 Å². The molecule has 0 fully saturated rings. The number of hydrogen-bond donors (Lipinski definition) is 1. The van der Waals surface area contributed by atoms with Crippen LogP contribution in [0.3, 0.4) is 0 Å². The molecule has 18 heavy (non-hydrogen) atoms. The Bertz CT molecular complexity index is 437. The van der Waals surface area contributed by atoms with Crippen LogP contribution in [0, 0.1) is 0 Å². The summed E-state index contributed by atoms with van der Waals surface area (Å²) < 4.78 is 40.5. The highest BCUT2D eigenvalue weighted by Crippen LogP contribution is 2.30. The second-order valence-electron chi connectivity index (χ2n) is 3.09. The molecule has 100 valence electrons. The molecular weight excluding hydrogens is 293 g/mol. The van der Waals surface area contributed by atoms with Crippen LogP contribution in [0.2, 0.25) is 5.02 Å². The Labute approximate surface area is 110 Å². The first-order valence-corrected chi connectivity index (χ1v) is 6.02. The summed E-state index contributed by atoms with van der Waals surface area (Å²) in [6, 6.07) is 3.85. The molecule has 0 unspecified atom stereocenters. The first-order valence-electron chi connectivity index (χ1n) is 4.66. The second kappa shape index (κ2) is 6.19. The van der Waals surface area contributed by atoms with Crippen molar-refractivity contribution in [1.29, 1.82) is 0 Å². The van der Waals surface area contributed by atoms with E-state index < -0.39 is 11.5 Å². The maximum absolute atomic E-state index is 11.8. The lowest BCUT2D eigenvalue weighted by Crippen LogP contribution is -2.09. The Morgan fingerprint density at radius 2 is 2.11 bits per heavy atom. The standard InChI is InChI=1S/C10H8ClF3O3S/c11-6-1-2-7(9(15)16)8(5-6)17-3-4-18-10(12,13)14/h1-2,5H,3-4H2,(H,15,16). The lowest BCUT2D eigenvalue weighted by atomic mass is 10.2. The lowest BCUT2D eigenvalue weighted by molar-refractivity contribution is -0.0329. The highest BCUT2D eigenvalue weighted by Gasteiger charge is 2.27. The van der Waals surface area contributed by atoms with Crippen molar-refractivity contribution in [2.45, 2.75) is 5.51 Å². The summed E-state index contributed by atoms with van der Waals surface area (Å²) >= 11 is 5.41. The molecule has 1 aromatic rings. The van der Waals surface area contributed by atoms with Gasteiger partial charge < -0.3 is 9.84 Å². The summed E-state index contributed by atoms with van der Waals surface area (Å²) in [7, 11) is 0. The summed E-state index contributed by atoms with van der Waals surface area (Å²) in [5, 5.41) is 9.08. The van der Waals surface area contributed by atoms with E-state index in [0.717, 1.165) is 0 Å². The van der Waals surface area contributed by atoms with E-state index in [1.807, 2.05) is 0 Å². The van der Waals surface area contributed by atoms with Crippen molar-refractivity contribution in [3.63, 3.8) is 0 Å². The number of alkyl halides is 3. The van der Waals surface area contributed by atoms with Crippen LogP contribution in [0.1, 0.15) is 10.4 Å². The number of carboxylic acids is 1. The van der Waals surface area contributed by atoms with Crippen molar-refractivity contribution in [3.8, 4) is 5.75 Å². The van der Waals surface area contributed by atoms with Crippen molar-refractivity contribution < 1.29 is 27.8 Å². The summed E-state index contributed by atoms with van der Waals surface area (Å²) in [6.07, 6.45) is 0. The highest BCUT2D eigenvalue weighted by molar-refractivity contribution is 8.00. The summed E-state index contributed by atoms with van der Waals surface area (Å²) in [5.74, 6) is -1.60. The summed E-state index contributed by atoms with van der Waals surface area (Å²) in [6.45, 7) is -0.259. The molecule has 0 aliphatic heterocycles. The third kappa shape index (κ3) is 5.05. The minimum Gasteiger partial charge on any atom is -0.492 e. The van der Waals surface area contributed by atoms with Gasteiger partial charge in [0.15, 0.2) is 0 Å². The molecule has 1 N–H and O–H groups in total. The number of halogens is 4. The third-order valence-electron chi connectivity index (χ3n) is 1.78. The van der Waals surface area contributed by atoms with Crippen molar-refractivity contribution in [3.05, 3.63) is 28.8 Å². The van der Waals surface area contributed by atoms with E-state index in [1.54, 1.807) is 0 Å². The largest absolute Gasteiger partial charge is 0.492 e. The van der Waals surface area contributed by atoms with Gasteiger partial charge >= 0.3 is 11.5 Å². The average molecular weight is 301 g/mol. The smallest absolute Gasteiger partial charge is 0.441 e. The van der Waals surface area contributed by atoms with Gasteiger partial charge in [0, 0.05) is 10.8 Å². The van der Waals surface area contributed by atoms with Crippen LogP contribution in [0.15, 0.2) is 18.2 Å². The Morgan fingerprint density at radius 1 is 1.44 bits per heavy atom. The molecule has 0 radical (unpaired) electrons. The SMILES string of the molecule is O=C(O)c1ccc(Cl)cc1OCCSC(F)(F)F. The number of carboxylic acid groups (broad SMARTS) is 1. The topological polar surface area (TPSA) is 46.5 Å². The molecule has 0 heterocycles. The predicted octanol–water partition coefficient (Wildman–Crippen LogP) is 3.67. The fraction of sp³-hybridized carbons (Fsp3) is 0.300. The number of aromatic carboxylic acids is 1. The second-order valence-corrected chi connectivity index (χ2v) is 4.68. The minimum atomic E-state index is -4.33. The fourth-order valence-electron chi connectivity index (χ4n) is 1.10. The monoisotopic (exact) mass is 300 g/mol. The Hall–Kier alpha value is -1.08. The molecule has 0 spiro atoms. The normalized spacial score (nSPS) is 11.3. The van der Waals surface area contributed by atoms with Crippen LogP contribution >= 0.6 is 23.4 Å². The number of hydrogen-bond acceptors (Lipinski definition) is 3. The number of thioether (sulfide) groups is 1. The summed E-state index contributed by atoms with van der Waals surface area (Å²) in [4.78, 5) is 10.8. The lowest BCUT2D eigenvalue weighted by Gasteiger charge is -2.10. The zero-order chi connectivity index (χ0) is 13.8. The predicted molar refractivity (Wildman–Crippen MR) is 62.4 cm³/mol. The number of ether oxygens (including phenoxy) is 1. The molecule has 1 aromatic carbocycles. The van der Waals surface area contributed by atoms with Gasteiger partial charge in [-0.3, -0.25) is 0 Å². The van der Waals surface area contributed by atoms with E-state index in [-0.39, 0.29) is 40.5 Å². The minimum absolute atomic E-state index is 0.0437. The zero-order valence-electron chi connectivity index (χ0n) is 8.83. The summed E-state index contributed by atoms with van der Waals surface area (Å²) in [5.41, 5.74) is -4.47. The molecule has 0 aliphatic rings. The third-order valence-corrected chi connectivity index (χ3v) is 2.71. The number of benzene rings is 1. The zero-order valence-corrected chi connectivity index (χ0v) is 10.4. The molecule has 8 heteroatoms. The molecule has 0 saturated heterocycles. The van der Waals surface area contributed by atoms with Crippen LogP contribution in [0.4, 0.5) is 13.2 Å². The van der Waals surface area contributed by atoms with Crippen LogP contribution in [-0.2, 0) is 0 Å². The molecule has 0 atom stereocenters. The Balaban J connectivity index is 2.61. The van der Waals surface area contributed by atoms with Gasteiger partial charge in [-0.1, -0.05) is 11.6 Å². The number of rotatable bonds is 5.